The second kappa shape index (κ2) is 8.27. The summed E-state index contributed by atoms with van der Waals surface area (Å²) in [6, 6.07) is 0.482. The molecule has 0 aliphatic rings. The van der Waals surface area contributed by atoms with Gasteiger partial charge in [-0.15, -0.1) is 0 Å². The van der Waals surface area contributed by atoms with Crippen LogP contribution in [0.4, 0.5) is 0 Å². The quantitative estimate of drug-likeness (QED) is 0.485. The van der Waals surface area contributed by atoms with Crippen molar-refractivity contribution < 1.29 is 4.74 Å². The van der Waals surface area contributed by atoms with E-state index in [2.05, 4.69) is 38.2 Å². The molecule has 0 heterocycles. The monoisotopic (exact) mass is 185 g/mol. The van der Waals surface area contributed by atoms with E-state index in [1.165, 1.54) is 0 Å². The van der Waals surface area contributed by atoms with E-state index >= 15 is 0 Å². The highest BCUT2D eigenvalue weighted by molar-refractivity contribution is 4.79. The SMILES string of the molecule is C/C=C/CCNC(COC)C(C)C. The van der Waals surface area contributed by atoms with Crippen molar-refractivity contribution in [2.75, 3.05) is 20.3 Å². The fourth-order valence-corrected chi connectivity index (χ4v) is 1.19. The lowest BCUT2D eigenvalue weighted by atomic mass is 10.1. The Morgan fingerprint density at radius 2 is 2.08 bits per heavy atom. The molecule has 1 atom stereocenters. The normalized spacial score (nSPS) is 14.2. The summed E-state index contributed by atoms with van der Waals surface area (Å²) in [5.74, 6) is 0.630. The maximum atomic E-state index is 5.14. The van der Waals surface area contributed by atoms with Crippen molar-refractivity contribution in [2.24, 2.45) is 5.92 Å². The van der Waals surface area contributed by atoms with Crippen molar-refractivity contribution in [3.63, 3.8) is 0 Å². The van der Waals surface area contributed by atoms with Crippen LogP contribution in [0.5, 0.6) is 0 Å². The zero-order valence-corrected chi connectivity index (χ0v) is 9.34. The van der Waals surface area contributed by atoms with Crippen LogP contribution < -0.4 is 5.32 Å². The molecule has 0 radical (unpaired) electrons. The fraction of sp³-hybridized carbons (Fsp3) is 0.818. The Morgan fingerprint density at radius 1 is 1.38 bits per heavy atom. The predicted molar refractivity (Wildman–Crippen MR) is 57.9 cm³/mol. The maximum absolute atomic E-state index is 5.14. The van der Waals surface area contributed by atoms with E-state index in [4.69, 9.17) is 4.74 Å². The lowest BCUT2D eigenvalue weighted by molar-refractivity contribution is 0.147. The molecule has 0 saturated carbocycles. The summed E-state index contributed by atoms with van der Waals surface area (Å²) in [6.07, 6.45) is 5.36. The molecule has 1 unspecified atom stereocenters. The standard InChI is InChI=1S/C11H23NO/c1-5-6-7-8-12-11(9-13-4)10(2)3/h5-6,10-12H,7-9H2,1-4H3/b6-5+. The average molecular weight is 185 g/mol. The Bertz CT molecular complexity index is 132. The van der Waals surface area contributed by atoms with Gasteiger partial charge in [-0.3, -0.25) is 0 Å². The molecule has 0 amide bonds. The minimum atomic E-state index is 0.482. The third-order valence-corrected chi connectivity index (χ3v) is 2.10. The van der Waals surface area contributed by atoms with E-state index in [0.29, 0.717) is 12.0 Å². The summed E-state index contributed by atoms with van der Waals surface area (Å²) in [4.78, 5) is 0. The highest BCUT2D eigenvalue weighted by Gasteiger charge is 2.10. The van der Waals surface area contributed by atoms with Crippen molar-refractivity contribution in [3.05, 3.63) is 12.2 Å². The molecule has 1 N–H and O–H groups in total. The van der Waals surface area contributed by atoms with Gasteiger partial charge in [0.15, 0.2) is 0 Å². The Labute approximate surface area is 82.4 Å². The zero-order chi connectivity index (χ0) is 10.1. The highest BCUT2D eigenvalue weighted by atomic mass is 16.5. The molecular formula is C11H23NO. The van der Waals surface area contributed by atoms with Crippen molar-refractivity contribution >= 4 is 0 Å². The van der Waals surface area contributed by atoms with E-state index in [9.17, 15) is 0 Å². The Balaban J connectivity index is 3.56. The molecule has 78 valence electrons. The molecule has 0 aromatic carbocycles. The zero-order valence-electron chi connectivity index (χ0n) is 9.34. The van der Waals surface area contributed by atoms with Crippen LogP contribution in [-0.4, -0.2) is 26.3 Å². The summed E-state index contributed by atoms with van der Waals surface area (Å²) in [6.45, 7) is 8.32. The van der Waals surface area contributed by atoms with Crippen LogP contribution in [0.15, 0.2) is 12.2 Å². The van der Waals surface area contributed by atoms with Crippen LogP contribution >= 0.6 is 0 Å². The molecule has 0 saturated heterocycles. The topological polar surface area (TPSA) is 21.3 Å². The molecule has 0 aromatic heterocycles. The van der Waals surface area contributed by atoms with Gasteiger partial charge in [-0.05, 0) is 25.8 Å². The van der Waals surface area contributed by atoms with Gasteiger partial charge < -0.3 is 10.1 Å². The fourth-order valence-electron chi connectivity index (χ4n) is 1.19. The van der Waals surface area contributed by atoms with Gasteiger partial charge in [0.05, 0.1) is 6.61 Å². The first-order valence-corrected chi connectivity index (χ1v) is 5.05. The van der Waals surface area contributed by atoms with Crippen LogP contribution in [0.1, 0.15) is 27.2 Å². The number of hydrogen-bond donors (Lipinski definition) is 1. The van der Waals surface area contributed by atoms with Gasteiger partial charge in [-0.25, -0.2) is 0 Å². The van der Waals surface area contributed by atoms with Gasteiger partial charge >= 0.3 is 0 Å². The lowest BCUT2D eigenvalue weighted by Crippen LogP contribution is -2.38. The molecule has 0 rings (SSSR count). The van der Waals surface area contributed by atoms with Crippen LogP contribution in [0, 0.1) is 5.92 Å². The molecule has 0 bridgehead atoms. The molecule has 0 fully saturated rings. The first kappa shape index (κ1) is 12.7. The van der Waals surface area contributed by atoms with Gasteiger partial charge in [0.2, 0.25) is 0 Å². The average Bonchev–Trinajstić information content (AvgIpc) is 2.10. The first-order valence-electron chi connectivity index (χ1n) is 5.05. The van der Waals surface area contributed by atoms with E-state index in [1.807, 2.05) is 0 Å². The van der Waals surface area contributed by atoms with E-state index in [0.717, 1.165) is 19.6 Å². The minimum absolute atomic E-state index is 0.482. The Hall–Kier alpha value is -0.340. The van der Waals surface area contributed by atoms with E-state index in [-0.39, 0.29) is 0 Å². The third-order valence-electron chi connectivity index (χ3n) is 2.10. The van der Waals surface area contributed by atoms with Crippen LogP contribution in [0.2, 0.25) is 0 Å². The molecule has 0 aliphatic heterocycles. The smallest absolute Gasteiger partial charge is 0.0618 e. The molecule has 13 heavy (non-hydrogen) atoms. The van der Waals surface area contributed by atoms with Crippen LogP contribution in [0.25, 0.3) is 0 Å². The largest absolute Gasteiger partial charge is 0.383 e. The van der Waals surface area contributed by atoms with E-state index < -0.39 is 0 Å². The second-order valence-corrected chi connectivity index (χ2v) is 3.62. The number of methoxy groups -OCH3 is 1. The van der Waals surface area contributed by atoms with Crippen LogP contribution in [-0.2, 0) is 4.74 Å². The predicted octanol–water partition coefficient (Wildman–Crippen LogP) is 2.21. The van der Waals surface area contributed by atoms with Crippen molar-refractivity contribution in [3.8, 4) is 0 Å². The maximum Gasteiger partial charge on any atom is 0.0618 e. The molecule has 2 nitrogen and oxygen atoms in total. The number of rotatable bonds is 7. The summed E-state index contributed by atoms with van der Waals surface area (Å²) in [5, 5.41) is 3.48. The first-order chi connectivity index (χ1) is 6.22. The van der Waals surface area contributed by atoms with Crippen molar-refractivity contribution in [2.45, 2.75) is 33.2 Å². The molecule has 0 spiro atoms. The van der Waals surface area contributed by atoms with Crippen LogP contribution in [0.3, 0.4) is 0 Å². The summed E-state index contributed by atoms with van der Waals surface area (Å²) < 4.78 is 5.14. The number of ether oxygens (including phenoxy) is 1. The third kappa shape index (κ3) is 6.79. The highest BCUT2D eigenvalue weighted by Crippen LogP contribution is 2.01. The molecule has 2 heteroatoms. The van der Waals surface area contributed by atoms with Gasteiger partial charge in [-0.1, -0.05) is 26.0 Å². The molecule has 0 aromatic rings. The van der Waals surface area contributed by atoms with E-state index in [1.54, 1.807) is 7.11 Å². The Morgan fingerprint density at radius 3 is 2.54 bits per heavy atom. The second-order valence-electron chi connectivity index (χ2n) is 3.62. The van der Waals surface area contributed by atoms with Gasteiger partial charge in [0.1, 0.15) is 0 Å². The Kier molecular flexibility index (Phi) is 8.05. The minimum Gasteiger partial charge on any atom is -0.383 e. The van der Waals surface area contributed by atoms with Gasteiger partial charge in [-0.2, -0.15) is 0 Å². The van der Waals surface area contributed by atoms with Gasteiger partial charge in [0, 0.05) is 13.2 Å². The van der Waals surface area contributed by atoms with Crippen molar-refractivity contribution in [1.82, 2.24) is 5.32 Å². The van der Waals surface area contributed by atoms with Crippen molar-refractivity contribution in [1.29, 1.82) is 0 Å². The van der Waals surface area contributed by atoms with Gasteiger partial charge in [0.25, 0.3) is 0 Å². The number of nitrogens with one attached hydrogen (secondary N) is 1. The molecular weight excluding hydrogens is 162 g/mol. The molecule has 0 aliphatic carbocycles. The lowest BCUT2D eigenvalue weighted by Gasteiger charge is -2.21. The summed E-state index contributed by atoms with van der Waals surface area (Å²) in [5.41, 5.74) is 0. The number of hydrogen-bond acceptors (Lipinski definition) is 2. The number of allylic oxidation sites excluding steroid dienone is 1. The summed E-state index contributed by atoms with van der Waals surface area (Å²) >= 11 is 0. The summed E-state index contributed by atoms with van der Waals surface area (Å²) in [7, 11) is 1.75.